The van der Waals surface area contributed by atoms with Gasteiger partial charge >= 0.3 is 5.97 Å². The maximum absolute atomic E-state index is 11.3. The van der Waals surface area contributed by atoms with E-state index < -0.39 is 11.4 Å². The number of rotatable bonds is 1. The third-order valence-corrected chi connectivity index (χ3v) is 4.10. The zero-order valence-corrected chi connectivity index (χ0v) is 9.64. The van der Waals surface area contributed by atoms with Crippen LogP contribution in [0.1, 0.15) is 19.3 Å². The first kappa shape index (κ1) is 10.7. The summed E-state index contributed by atoms with van der Waals surface area (Å²) in [6, 6.07) is 0. The summed E-state index contributed by atoms with van der Waals surface area (Å²) in [5, 5.41) is 12.9. The van der Waals surface area contributed by atoms with Crippen LogP contribution in [-0.4, -0.2) is 41.2 Å². The summed E-state index contributed by atoms with van der Waals surface area (Å²) in [5.74, 6) is -0.158. The summed E-state index contributed by atoms with van der Waals surface area (Å²) >= 11 is 5.17. The Bertz CT molecular complexity index is 308. The van der Waals surface area contributed by atoms with Crippen molar-refractivity contribution in [3.63, 3.8) is 0 Å². The number of fused-ring (bicyclic) bond motifs is 2. The van der Waals surface area contributed by atoms with E-state index in [9.17, 15) is 9.90 Å². The molecule has 1 aliphatic carbocycles. The van der Waals surface area contributed by atoms with Crippen molar-refractivity contribution in [2.75, 3.05) is 20.1 Å². The van der Waals surface area contributed by atoms with E-state index in [4.69, 9.17) is 12.2 Å². The monoisotopic (exact) mass is 228 g/mol. The van der Waals surface area contributed by atoms with Gasteiger partial charge in [0.2, 0.25) is 0 Å². The Hall–Kier alpha value is -0.840. The Morgan fingerprint density at radius 1 is 1.67 bits per heavy atom. The highest BCUT2D eigenvalue weighted by molar-refractivity contribution is 7.80. The van der Waals surface area contributed by atoms with Gasteiger partial charge in [0.1, 0.15) is 0 Å². The standard InChI is InChI=1S/C10H16N2O2S/c1-11-9(15)12-5-7-2-3-10(4-7,6-12)8(13)14/h7H,2-6H2,1H3,(H,11,15)(H,13,14). The second-order valence-corrected chi connectivity index (χ2v) is 5.02. The number of hydrogen-bond donors (Lipinski definition) is 2. The molecule has 2 aliphatic rings. The summed E-state index contributed by atoms with van der Waals surface area (Å²) in [6.07, 6.45) is 2.65. The molecule has 2 bridgehead atoms. The average molecular weight is 228 g/mol. The van der Waals surface area contributed by atoms with Crippen LogP contribution in [0.5, 0.6) is 0 Å². The molecule has 84 valence electrons. The molecule has 15 heavy (non-hydrogen) atoms. The van der Waals surface area contributed by atoms with Crippen LogP contribution in [0.15, 0.2) is 0 Å². The van der Waals surface area contributed by atoms with Crippen LogP contribution in [0.25, 0.3) is 0 Å². The van der Waals surface area contributed by atoms with Gasteiger partial charge in [0.05, 0.1) is 5.41 Å². The number of likely N-dealkylation sites (tertiary alicyclic amines) is 1. The predicted octanol–water partition coefficient (Wildman–Crippen LogP) is 0.677. The molecule has 1 saturated heterocycles. The highest BCUT2D eigenvalue weighted by atomic mass is 32.1. The highest BCUT2D eigenvalue weighted by Gasteiger charge is 2.50. The second-order valence-electron chi connectivity index (χ2n) is 4.63. The van der Waals surface area contributed by atoms with Gasteiger partial charge in [-0.3, -0.25) is 4.79 Å². The van der Waals surface area contributed by atoms with Crippen molar-refractivity contribution in [3.05, 3.63) is 0 Å². The van der Waals surface area contributed by atoms with E-state index in [2.05, 4.69) is 5.32 Å². The van der Waals surface area contributed by atoms with Crippen LogP contribution in [0, 0.1) is 11.3 Å². The first-order chi connectivity index (χ1) is 7.07. The Morgan fingerprint density at radius 3 is 3.00 bits per heavy atom. The Kier molecular flexibility index (Phi) is 2.58. The number of carbonyl (C=O) groups is 1. The number of thiocarbonyl (C=S) groups is 1. The van der Waals surface area contributed by atoms with Crippen LogP contribution in [0.3, 0.4) is 0 Å². The topological polar surface area (TPSA) is 52.6 Å². The lowest BCUT2D eigenvalue weighted by atomic mass is 9.82. The number of carboxylic acid groups (broad SMARTS) is 1. The first-order valence-electron chi connectivity index (χ1n) is 5.27. The third-order valence-electron chi connectivity index (χ3n) is 3.64. The van der Waals surface area contributed by atoms with Crippen molar-refractivity contribution < 1.29 is 9.90 Å². The molecular weight excluding hydrogens is 212 g/mol. The van der Waals surface area contributed by atoms with E-state index in [1.807, 2.05) is 4.90 Å². The minimum absolute atomic E-state index is 0.501. The molecule has 2 atom stereocenters. The van der Waals surface area contributed by atoms with Crippen LogP contribution in [-0.2, 0) is 4.79 Å². The van der Waals surface area contributed by atoms with Crippen molar-refractivity contribution in [2.45, 2.75) is 19.3 Å². The fourth-order valence-electron chi connectivity index (χ4n) is 2.85. The van der Waals surface area contributed by atoms with Crippen molar-refractivity contribution in [1.29, 1.82) is 0 Å². The zero-order chi connectivity index (χ0) is 11.1. The minimum Gasteiger partial charge on any atom is -0.481 e. The second kappa shape index (κ2) is 3.63. The van der Waals surface area contributed by atoms with E-state index in [-0.39, 0.29) is 0 Å². The van der Waals surface area contributed by atoms with E-state index in [0.717, 1.165) is 25.8 Å². The molecule has 1 heterocycles. The highest BCUT2D eigenvalue weighted by Crippen LogP contribution is 2.46. The van der Waals surface area contributed by atoms with Gasteiger partial charge in [0.25, 0.3) is 0 Å². The largest absolute Gasteiger partial charge is 0.481 e. The van der Waals surface area contributed by atoms with Crippen LogP contribution < -0.4 is 5.32 Å². The molecule has 0 amide bonds. The fourth-order valence-corrected chi connectivity index (χ4v) is 2.99. The normalized spacial score (nSPS) is 33.9. The molecule has 2 rings (SSSR count). The van der Waals surface area contributed by atoms with E-state index in [1.54, 1.807) is 7.05 Å². The van der Waals surface area contributed by atoms with E-state index in [0.29, 0.717) is 17.6 Å². The first-order valence-corrected chi connectivity index (χ1v) is 5.68. The molecule has 1 aliphatic heterocycles. The molecule has 0 radical (unpaired) electrons. The number of hydrogen-bond acceptors (Lipinski definition) is 2. The summed E-state index contributed by atoms with van der Waals surface area (Å²) in [5.41, 5.74) is -0.538. The Morgan fingerprint density at radius 2 is 2.40 bits per heavy atom. The summed E-state index contributed by atoms with van der Waals surface area (Å²) in [4.78, 5) is 13.3. The molecular formula is C10H16N2O2S. The lowest BCUT2D eigenvalue weighted by Crippen LogP contribution is -2.51. The van der Waals surface area contributed by atoms with Crippen molar-refractivity contribution in [1.82, 2.24) is 10.2 Å². The molecule has 2 N–H and O–H groups in total. The summed E-state index contributed by atoms with van der Waals surface area (Å²) < 4.78 is 0. The number of aliphatic carboxylic acids is 1. The average Bonchev–Trinajstić information content (AvgIpc) is 2.54. The molecule has 1 saturated carbocycles. The van der Waals surface area contributed by atoms with Crippen LogP contribution in [0.4, 0.5) is 0 Å². The molecule has 2 fully saturated rings. The molecule has 4 nitrogen and oxygen atoms in total. The Balaban J connectivity index is 2.17. The SMILES string of the molecule is CNC(=S)N1CC2CCC(C(=O)O)(C2)C1. The molecule has 0 aromatic rings. The maximum atomic E-state index is 11.3. The van der Waals surface area contributed by atoms with Gasteiger partial charge in [0.15, 0.2) is 5.11 Å². The van der Waals surface area contributed by atoms with Crippen LogP contribution in [0.2, 0.25) is 0 Å². The number of nitrogens with zero attached hydrogens (tertiary/aromatic N) is 1. The smallest absolute Gasteiger partial charge is 0.311 e. The summed E-state index contributed by atoms with van der Waals surface area (Å²) in [6.45, 7) is 1.48. The molecule has 0 aromatic heterocycles. The molecule has 0 spiro atoms. The predicted molar refractivity (Wildman–Crippen MR) is 60.6 cm³/mol. The fraction of sp³-hybridized carbons (Fsp3) is 0.800. The maximum Gasteiger partial charge on any atom is 0.311 e. The Labute approximate surface area is 94.6 Å². The van der Waals surface area contributed by atoms with Crippen molar-refractivity contribution in [2.24, 2.45) is 11.3 Å². The molecule has 2 unspecified atom stereocenters. The minimum atomic E-state index is -0.659. The van der Waals surface area contributed by atoms with E-state index >= 15 is 0 Å². The lowest BCUT2D eigenvalue weighted by molar-refractivity contribution is -0.150. The van der Waals surface area contributed by atoms with Crippen molar-refractivity contribution in [3.8, 4) is 0 Å². The third kappa shape index (κ3) is 1.69. The number of carboxylic acids is 1. The zero-order valence-electron chi connectivity index (χ0n) is 8.82. The quantitative estimate of drug-likeness (QED) is 0.646. The van der Waals surface area contributed by atoms with E-state index in [1.165, 1.54) is 0 Å². The van der Waals surface area contributed by atoms with Gasteiger partial charge in [-0.1, -0.05) is 0 Å². The van der Waals surface area contributed by atoms with Gasteiger partial charge in [-0.05, 0) is 37.4 Å². The lowest BCUT2D eigenvalue weighted by Gasteiger charge is -2.38. The van der Waals surface area contributed by atoms with Gasteiger partial charge in [-0.15, -0.1) is 0 Å². The van der Waals surface area contributed by atoms with Gasteiger partial charge in [0, 0.05) is 20.1 Å². The molecule has 5 heteroatoms. The van der Waals surface area contributed by atoms with Crippen molar-refractivity contribution >= 4 is 23.3 Å². The van der Waals surface area contributed by atoms with Gasteiger partial charge in [-0.2, -0.15) is 0 Å². The van der Waals surface area contributed by atoms with Gasteiger partial charge in [-0.25, -0.2) is 0 Å². The summed E-state index contributed by atoms with van der Waals surface area (Å²) in [7, 11) is 1.78. The molecule has 0 aromatic carbocycles. The van der Waals surface area contributed by atoms with Gasteiger partial charge < -0.3 is 15.3 Å². The van der Waals surface area contributed by atoms with Crippen LogP contribution >= 0.6 is 12.2 Å². The number of nitrogens with one attached hydrogen (secondary N) is 1. The number of piperidine rings is 1.